The molecule has 0 bridgehead atoms. The summed E-state index contributed by atoms with van der Waals surface area (Å²) in [7, 11) is 1.66. The monoisotopic (exact) mass is 441 g/mol. The number of carbonyl (C=O) groups is 2. The molecular weight excluding hydrogens is 420 g/mol. The SMILES string of the molecule is CN1C(=O)[C@@H](NC(=O)c2ncn(Cc3c(F)cccc3F)n2)CCn2nc(C3CC3)cc21. The third kappa shape index (κ3) is 3.74. The van der Waals surface area contributed by atoms with Crippen LogP contribution in [-0.2, 0) is 17.9 Å². The number of halogens is 2. The van der Waals surface area contributed by atoms with E-state index in [9.17, 15) is 18.4 Å². The lowest BCUT2D eigenvalue weighted by molar-refractivity contribution is -0.120. The number of amides is 2. The number of carbonyl (C=O) groups excluding carboxylic acids is 2. The van der Waals surface area contributed by atoms with Crippen LogP contribution in [0.1, 0.15) is 47.1 Å². The molecule has 1 fully saturated rings. The zero-order chi connectivity index (χ0) is 22.4. The van der Waals surface area contributed by atoms with Gasteiger partial charge in [-0.25, -0.2) is 23.1 Å². The van der Waals surface area contributed by atoms with Gasteiger partial charge in [-0.3, -0.25) is 14.5 Å². The second-order valence-electron chi connectivity index (χ2n) is 8.10. The van der Waals surface area contributed by atoms with Gasteiger partial charge in [0.1, 0.15) is 29.8 Å². The summed E-state index contributed by atoms with van der Waals surface area (Å²) in [4.78, 5) is 31.0. The van der Waals surface area contributed by atoms with Crippen molar-refractivity contribution in [3.63, 3.8) is 0 Å². The van der Waals surface area contributed by atoms with E-state index in [0.29, 0.717) is 24.7 Å². The highest BCUT2D eigenvalue weighted by atomic mass is 19.1. The second kappa shape index (κ2) is 7.81. The summed E-state index contributed by atoms with van der Waals surface area (Å²) in [6.07, 6.45) is 3.83. The van der Waals surface area contributed by atoms with Crippen molar-refractivity contribution in [1.29, 1.82) is 0 Å². The molecule has 1 N–H and O–H groups in total. The van der Waals surface area contributed by atoms with Gasteiger partial charge in [-0.05, 0) is 31.4 Å². The highest BCUT2D eigenvalue weighted by Gasteiger charge is 2.34. The Bertz CT molecular complexity index is 1180. The lowest BCUT2D eigenvalue weighted by Crippen LogP contribution is -2.47. The number of aryl methyl sites for hydroxylation is 1. The number of likely N-dealkylation sites (N-methyl/N-ethyl adjacent to an activating group) is 1. The van der Waals surface area contributed by atoms with Crippen LogP contribution in [0.4, 0.5) is 14.6 Å². The summed E-state index contributed by atoms with van der Waals surface area (Å²) in [5.41, 5.74) is 0.827. The summed E-state index contributed by atoms with van der Waals surface area (Å²) in [5, 5.41) is 11.3. The van der Waals surface area contributed by atoms with Gasteiger partial charge in [-0.1, -0.05) is 6.07 Å². The van der Waals surface area contributed by atoms with E-state index in [1.807, 2.05) is 6.07 Å². The van der Waals surface area contributed by atoms with Gasteiger partial charge in [0.05, 0.1) is 12.2 Å². The van der Waals surface area contributed by atoms with Crippen LogP contribution in [0.25, 0.3) is 0 Å². The highest BCUT2D eigenvalue weighted by molar-refractivity contribution is 6.00. The highest BCUT2D eigenvalue weighted by Crippen LogP contribution is 2.40. The molecule has 2 aromatic heterocycles. The molecular formula is C21H21F2N7O2. The van der Waals surface area contributed by atoms with E-state index in [1.165, 1.54) is 22.0 Å². The first-order valence-electron chi connectivity index (χ1n) is 10.4. The quantitative estimate of drug-likeness (QED) is 0.652. The number of aromatic nitrogens is 5. The molecule has 3 aromatic rings. The summed E-state index contributed by atoms with van der Waals surface area (Å²) < 4.78 is 30.7. The molecule has 1 atom stereocenters. The maximum absolute atomic E-state index is 13.9. The van der Waals surface area contributed by atoms with Gasteiger partial charge in [0.2, 0.25) is 5.82 Å². The zero-order valence-corrected chi connectivity index (χ0v) is 17.3. The fourth-order valence-corrected chi connectivity index (χ4v) is 3.84. The standard InChI is InChI=1S/C21H21F2N7O2/c1-28-18-9-17(12-5-6-12)26-30(18)8-7-16(21(28)32)25-20(31)19-24-11-29(27-19)10-13-14(22)3-2-4-15(13)23/h2-4,9,11-12,16H,5-8,10H2,1H3,(H,25,31)/t16-/m0/s1. The van der Waals surface area contributed by atoms with Crippen molar-refractivity contribution in [2.24, 2.45) is 0 Å². The van der Waals surface area contributed by atoms with Crippen molar-refractivity contribution < 1.29 is 18.4 Å². The first-order valence-corrected chi connectivity index (χ1v) is 10.4. The number of rotatable bonds is 5. The van der Waals surface area contributed by atoms with Crippen LogP contribution in [0.2, 0.25) is 0 Å². The van der Waals surface area contributed by atoms with Crippen molar-refractivity contribution in [1.82, 2.24) is 29.9 Å². The Morgan fingerprint density at radius 2 is 1.94 bits per heavy atom. The normalized spacial score (nSPS) is 18.4. The number of hydrogen-bond acceptors (Lipinski definition) is 5. The molecule has 1 aromatic carbocycles. The van der Waals surface area contributed by atoms with Crippen LogP contribution >= 0.6 is 0 Å². The van der Waals surface area contributed by atoms with Gasteiger partial charge >= 0.3 is 0 Å². The summed E-state index contributed by atoms with van der Waals surface area (Å²) in [6.45, 7) is 0.270. The smallest absolute Gasteiger partial charge is 0.291 e. The van der Waals surface area contributed by atoms with E-state index < -0.39 is 23.6 Å². The molecule has 0 saturated heterocycles. The van der Waals surface area contributed by atoms with Crippen LogP contribution in [0.3, 0.4) is 0 Å². The molecule has 166 valence electrons. The van der Waals surface area contributed by atoms with Crippen LogP contribution < -0.4 is 10.2 Å². The topological polar surface area (TPSA) is 97.9 Å². The van der Waals surface area contributed by atoms with Crippen molar-refractivity contribution in [2.75, 3.05) is 11.9 Å². The Morgan fingerprint density at radius 3 is 2.66 bits per heavy atom. The lowest BCUT2D eigenvalue weighted by Gasteiger charge is -2.19. The number of fused-ring (bicyclic) bond motifs is 1. The molecule has 9 nitrogen and oxygen atoms in total. The van der Waals surface area contributed by atoms with E-state index >= 15 is 0 Å². The number of benzene rings is 1. The molecule has 0 spiro atoms. The molecule has 1 aliphatic heterocycles. The predicted molar refractivity (Wildman–Crippen MR) is 109 cm³/mol. The minimum Gasteiger partial charge on any atom is -0.337 e. The van der Waals surface area contributed by atoms with Gasteiger partial charge in [-0.15, -0.1) is 5.10 Å². The molecule has 32 heavy (non-hydrogen) atoms. The van der Waals surface area contributed by atoms with Crippen LogP contribution in [0.15, 0.2) is 30.6 Å². The van der Waals surface area contributed by atoms with Crippen LogP contribution in [-0.4, -0.2) is 49.4 Å². The van der Waals surface area contributed by atoms with Crippen molar-refractivity contribution >= 4 is 17.6 Å². The van der Waals surface area contributed by atoms with Gasteiger partial charge in [0.25, 0.3) is 11.8 Å². The van der Waals surface area contributed by atoms with E-state index in [0.717, 1.165) is 30.7 Å². The Balaban J connectivity index is 1.27. The largest absolute Gasteiger partial charge is 0.337 e. The number of nitrogens with zero attached hydrogens (tertiary/aromatic N) is 6. The van der Waals surface area contributed by atoms with Crippen LogP contribution in [0.5, 0.6) is 0 Å². The fraction of sp³-hybridized carbons (Fsp3) is 0.381. The zero-order valence-electron chi connectivity index (χ0n) is 17.3. The summed E-state index contributed by atoms with van der Waals surface area (Å²) >= 11 is 0. The number of anilines is 1. The number of nitrogens with one attached hydrogen (secondary N) is 1. The molecule has 3 heterocycles. The molecule has 1 aliphatic carbocycles. The first-order chi connectivity index (χ1) is 15.4. The average Bonchev–Trinajstić information content (AvgIpc) is 3.39. The minimum atomic E-state index is -0.769. The summed E-state index contributed by atoms with van der Waals surface area (Å²) in [6, 6.07) is 4.74. The second-order valence-corrected chi connectivity index (χ2v) is 8.10. The molecule has 1 saturated carbocycles. The minimum absolute atomic E-state index is 0.176. The molecule has 0 unspecified atom stereocenters. The molecule has 2 aliphatic rings. The summed E-state index contributed by atoms with van der Waals surface area (Å²) in [5.74, 6) is -1.30. The third-order valence-corrected chi connectivity index (χ3v) is 5.80. The maximum atomic E-state index is 13.9. The van der Waals surface area contributed by atoms with Gasteiger partial charge in [-0.2, -0.15) is 5.10 Å². The fourth-order valence-electron chi connectivity index (χ4n) is 3.84. The molecule has 11 heteroatoms. The Hall–Kier alpha value is -3.63. The molecule has 5 rings (SSSR count). The number of hydrogen-bond donors (Lipinski definition) is 1. The van der Waals surface area contributed by atoms with E-state index in [-0.39, 0.29) is 23.8 Å². The van der Waals surface area contributed by atoms with Crippen molar-refractivity contribution in [2.45, 2.75) is 44.3 Å². The molecule has 0 radical (unpaired) electrons. The van der Waals surface area contributed by atoms with Crippen LogP contribution in [0, 0.1) is 11.6 Å². The average molecular weight is 441 g/mol. The van der Waals surface area contributed by atoms with E-state index in [4.69, 9.17) is 0 Å². The maximum Gasteiger partial charge on any atom is 0.291 e. The van der Waals surface area contributed by atoms with Gasteiger partial charge in [0, 0.05) is 31.1 Å². The molecule has 2 amide bonds. The van der Waals surface area contributed by atoms with E-state index in [1.54, 1.807) is 11.7 Å². The van der Waals surface area contributed by atoms with Gasteiger partial charge < -0.3 is 5.32 Å². The van der Waals surface area contributed by atoms with E-state index in [2.05, 4.69) is 20.5 Å². The predicted octanol–water partition coefficient (Wildman–Crippen LogP) is 1.84. The first kappa shape index (κ1) is 20.3. The Morgan fingerprint density at radius 1 is 1.19 bits per heavy atom. The Kier molecular flexibility index (Phi) is 4.95. The lowest BCUT2D eigenvalue weighted by atomic mass is 10.2. The van der Waals surface area contributed by atoms with Crippen molar-refractivity contribution in [3.8, 4) is 0 Å². The Labute approximate surface area is 182 Å². The van der Waals surface area contributed by atoms with Gasteiger partial charge in [0.15, 0.2) is 0 Å². The third-order valence-electron chi connectivity index (χ3n) is 5.80. The van der Waals surface area contributed by atoms with Crippen molar-refractivity contribution in [3.05, 3.63) is 59.3 Å².